The number of carboxylic acids is 1. The normalized spacial score (nSPS) is 10.7. The summed E-state index contributed by atoms with van der Waals surface area (Å²) in [4.78, 5) is 10.8. The summed E-state index contributed by atoms with van der Waals surface area (Å²) < 4.78 is 13.4. The first-order chi connectivity index (χ1) is 6.61. The number of aryl methyl sites for hydroxylation is 1. The molecule has 0 fully saturated rings. The Kier molecular flexibility index (Phi) is 1.77. The maximum atomic E-state index is 13.4. The molecular formula is C10H8FNO2. The Morgan fingerprint density at radius 1 is 1.50 bits per heavy atom. The van der Waals surface area contributed by atoms with Crippen LogP contribution in [0.25, 0.3) is 10.9 Å². The van der Waals surface area contributed by atoms with Gasteiger partial charge in [-0.15, -0.1) is 0 Å². The number of fused-ring (bicyclic) bond motifs is 1. The molecule has 0 saturated carbocycles. The zero-order chi connectivity index (χ0) is 10.3. The highest BCUT2D eigenvalue weighted by Crippen LogP contribution is 2.22. The van der Waals surface area contributed by atoms with Gasteiger partial charge < -0.3 is 5.11 Å². The second-order valence-corrected chi connectivity index (χ2v) is 3.12. The Hall–Kier alpha value is -1.84. The number of aromatic carboxylic acids is 1. The van der Waals surface area contributed by atoms with E-state index in [0.717, 1.165) is 5.56 Å². The molecule has 2 rings (SSSR count). The van der Waals surface area contributed by atoms with E-state index in [1.54, 1.807) is 12.1 Å². The van der Waals surface area contributed by atoms with Gasteiger partial charge >= 0.3 is 5.97 Å². The predicted octanol–water partition coefficient (Wildman–Crippen LogP) is 2.38. The molecule has 0 aliphatic heterocycles. The van der Waals surface area contributed by atoms with Gasteiger partial charge in [-0.1, -0.05) is 16.6 Å². The van der Waals surface area contributed by atoms with Crippen LogP contribution in [0.2, 0.25) is 0 Å². The van der Waals surface area contributed by atoms with Crippen LogP contribution < -0.4 is 0 Å². The quantitative estimate of drug-likeness (QED) is 0.755. The molecule has 3 nitrogen and oxygen atoms in total. The first-order valence-corrected chi connectivity index (χ1v) is 4.12. The van der Waals surface area contributed by atoms with Crippen molar-refractivity contribution in [1.82, 2.24) is 4.79 Å². The fraction of sp³-hybridized carbons (Fsp3) is 0.100. The van der Waals surface area contributed by atoms with Crippen molar-refractivity contribution in [3.05, 3.63) is 35.5 Å². The number of nitrogens with zero attached hydrogens (tertiary/aromatic N) is 1. The van der Waals surface area contributed by atoms with E-state index in [-0.39, 0.29) is 10.5 Å². The maximum absolute atomic E-state index is 13.4. The summed E-state index contributed by atoms with van der Waals surface area (Å²) in [6.45, 7) is 1.81. The van der Waals surface area contributed by atoms with Crippen molar-refractivity contribution < 1.29 is 14.4 Å². The average molecular weight is 193 g/mol. The van der Waals surface area contributed by atoms with E-state index in [0.29, 0.717) is 10.9 Å². The lowest BCUT2D eigenvalue weighted by Gasteiger charge is -1.95. The molecule has 0 unspecified atom stereocenters. The maximum Gasteiger partial charge on any atom is 0.355 e. The molecule has 0 atom stereocenters. The summed E-state index contributed by atoms with van der Waals surface area (Å²) >= 11 is 0. The molecule has 72 valence electrons. The van der Waals surface area contributed by atoms with Gasteiger partial charge in [-0.2, -0.15) is 4.79 Å². The molecular weight excluding hydrogens is 185 g/mol. The Balaban J connectivity index is 2.86. The zero-order valence-electron chi connectivity index (χ0n) is 7.49. The molecule has 0 spiro atoms. The van der Waals surface area contributed by atoms with Crippen LogP contribution in [0.5, 0.6) is 0 Å². The topological polar surface area (TPSA) is 42.2 Å². The lowest BCUT2D eigenvalue weighted by atomic mass is 10.1. The van der Waals surface area contributed by atoms with Gasteiger partial charge in [0.25, 0.3) is 0 Å². The minimum atomic E-state index is -1.26. The van der Waals surface area contributed by atoms with Gasteiger partial charge in [0.15, 0.2) is 5.69 Å². The molecule has 0 aliphatic carbocycles. The number of aromatic nitrogens is 1. The summed E-state index contributed by atoms with van der Waals surface area (Å²) in [6, 6.07) is 6.40. The second-order valence-electron chi connectivity index (χ2n) is 3.12. The number of halogens is 1. The van der Waals surface area contributed by atoms with E-state index in [1.807, 2.05) is 13.0 Å². The number of carbonyl (C=O) groups is 1. The highest BCUT2D eigenvalue weighted by molar-refractivity contribution is 5.95. The Morgan fingerprint density at radius 2 is 2.21 bits per heavy atom. The van der Waals surface area contributed by atoms with Gasteiger partial charge in [-0.25, -0.2) is 4.79 Å². The number of carboxylic acid groups (broad SMARTS) is 1. The highest BCUT2D eigenvalue weighted by Gasteiger charge is 2.14. The lowest BCUT2D eigenvalue weighted by Crippen LogP contribution is -2.00. The van der Waals surface area contributed by atoms with E-state index in [2.05, 4.69) is 0 Å². The molecule has 1 aromatic carbocycles. The van der Waals surface area contributed by atoms with Gasteiger partial charge in [-0.05, 0) is 24.6 Å². The van der Waals surface area contributed by atoms with Crippen LogP contribution in [-0.2, 0) is 0 Å². The van der Waals surface area contributed by atoms with Gasteiger partial charge in [0, 0.05) is 5.39 Å². The number of hydrogen-bond acceptors (Lipinski definition) is 1. The molecule has 0 bridgehead atoms. The smallest absolute Gasteiger partial charge is 0.355 e. The van der Waals surface area contributed by atoms with E-state index in [9.17, 15) is 9.28 Å². The fourth-order valence-corrected chi connectivity index (χ4v) is 1.49. The van der Waals surface area contributed by atoms with Crippen molar-refractivity contribution in [1.29, 1.82) is 0 Å². The van der Waals surface area contributed by atoms with Crippen molar-refractivity contribution >= 4 is 16.9 Å². The minimum absolute atomic E-state index is 0.199. The average Bonchev–Trinajstić information content (AvgIpc) is 2.46. The SMILES string of the molecule is Cc1cccc2c1cc(C(=O)O)n2F. The van der Waals surface area contributed by atoms with Crippen LogP contribution in [0.3, 0.4) is 0 Å². The van der Waals surface area contributed by atoms with Gasteiger partial charge in [0.05, 0.1) is 5.52 Å². The molecule has 0 aliphatic rings. The molecule has 0 radical (unpaired) electrons. The van der Waals surface area contributed by atoms with Crippen LogP contribution in [0.15, 0.2) is 24.3 Å². The van der Waals surface area contributed by atoms with Crippen molar-refractivity contribution in [3.63, 3.8) is 0 Å². The Morgan fingerprint density at radius 3 is 2.79 bits per heavy atom. The van der Waals surface area contributed by atoms with Crippen LogP contribution >= 0.6 is 0 Å². The van der Waals surface area contributed by atoms with Crippen LogP contribution in [-0.4, -0.2) is 15.9 Å². The van der Waals surface area contributed by atoms with Crippen molar-refractivity contribution in [2.45, 2.75) is 6.92 Å². The molecule has 0 amide bonds. The molecule has 1 N–H and O–H groups in total. The fourth-order valence-electron chi connectivity index (χ4n) is 1.49. The molecule has 4 heteroatoms. The molecule has 1 heterocycles. The summed E-state index contributed by atoms with van der Waals surface area (Å²) in [5, 5.41) is 9.33. The zero-order valence-corrected chi connectivity index (χ0v) is 7.49. The first kappa shape index (κ1) is 8.74. The Bertz CT molecular complexity index is 516. The van der Waals surface area contributed by atoms with E-state index in [4.69, 9.17) is 5.11 Å². The van der Waals surface area contributed by atoms with Crippen LogP contribution in [0, 0.1) is 6.92 Å². The van der Waals surface area contributed by atoms with Crippen LogP contribution in [0.4, 0.5) is 4.48 Å². The van der Waals surface area contributed by atoms with Crippen molar-refractivity contribution in [2.75, 3.05) is 0 Å². The first-order valence-electron chi connectivity index (χ1n) is 4.12. The number of hydrogen-bond donors (Lipinski definition) is 1. The summed E-state index contributed by atoms with van der Waals surface area (Å²) in [5.74, 6) is -1.26. The molecule has 14 heavy (non-hydrogen) atoms. The summed E-state index contributed by atoms with van der Waals surface area (Å²) in [7, 11) is 0. The van der Waals surface area contributed by atoms with E-state index < -0.39 is 5.97 Å². The number of rotatable bonds is 1. The standard InChI is InChI=1S/C10H8FNO2/c1-6-3-2-4-8-7(6)5-9(10(13)14)12(8)11/h2-5H,1H3,(H,13,14). The molecule has 0 saturated heterocycles. The second kappa shape index (κ2) is 2.83. The van der Waals surface area contributed by atoms with Gasteiger partial charge in [0.1, 0.15) is 0 Å². The van der Waals surface area contributed by atoms with Gasteiger partial charge in [0.2, 0.25) is 0 Å². The molecule has 2 aromatic rings. The molecule has 1 aromatic heterocycles. The largest absolute Gasteiger partial charge is 0.476 e. The van der Waals surface area contributed by atoms with Crippen molar-refractivity contribution in [2.24, 2.45) is 0 Å². The summed E-state index contributed by atoms with van der Waals surface area (Å²) in [6.07, 6.45) is 0. The van der Waals surface area contributed by atoms with Crippen molar-refractivity contribution in [3.8, 4) is 0 Å². The predicted molar refractivity (Wildman–Crippen MR) is 50.1 cm³/mol. The minimum Gasteiger partial charge on any atom is -0.476 e. The van der Waals surface area contributed by atoms with E-state index >= 15 is 0 Å². The third kappa shape index (κ3) is 1.08. The third-order valence-electron chi connectivity index (χ3n) is 2.22. The van der Waals surface area contributed by atoms with E-state index in [1.165, 1.54) is 6.07 Å². The number of benzene rings is 1. The lowest BCUT2D eigenvalue weighted by molar-refractivity contribution is 0.0674. The van der Waals surface area contributed by atoms with Gasteiger partial charge in [-0.3, -0.25) is 0 Å². The third-order valence-corrected chi connectivity index (χ3v) is 2.22. The summed E-state index contributed by atoms with van der Waals surface area (Å²) in [5.41, 5.74) is 0.818. The monoisotopic (exact) mass is 193 g/mol. The van der Waals surface area contributed by atoms with Crippen LogP contribution in [0.1, 0.15) is 16.1 Å². The Labute approximate surface area is 79.3 Å². The highest BCUT2D eigenvalue weighted by atomic mass is 19.2.